The van der Waals surface area contributed by atoms with Crippen LogP contribution in [0.1, 0.15) is 25.0 Å². The van der Waals surface area contributed by atoms with E-state index in [2.05, 4.69) is 15.3 Å². The average molecular weight is 372 g/mol. The maximum absolute atomic E-state index is 11.2. The highest BCUT2D eigenvalue weighted by Crippen LogP contribution is 1.99. The Labute approximate surface area is 149 Å². The monoisotopic (exact) mass is 372 g/mol. The highest BCUT2D eigenvalue weighted by molar-refractivity contribution is 5.83. The molecular weight excluding hydrogens is 348 g/mol. The van der Waals surface area contributed by atoms with E-state index < -0.39 is 29.9 Å². The van der Waals surface area contributed by atoms with Crippen molar-refractivity contribution in [2.24, 2.45) is 17.2 Å². The second-order valence-corrected chi connectivity index (χ2v) is 5.23. The molecule has 0 saturated heterocycles. The Morgan fingerprint density at radius 1 is 1.19 bits per heavy atom. The molecule has 0 aliphatic carbocycles. The normalized spacial score (nSPS) is 12.2. The molecule has 10 N–H and O–H groups in total. The largest absolute Gasteiger partial charge is 0.480 e. The van der Waals surface area contributed by atoms with Crippen LogP contribution in [-0.4, -0.2) is 62.6 Å². The number of carboxylic acids is 2. The SMILES string of the molecule is NC(=O)CCC(N)C(=O)O.NCCC(=O)N[C@@H](Cc1cnc[nH]1)C(=O)O. The van der Waals surface area contributed by atoms with Crippen molar-refractivity contribution < 1.29 is 29.4 Å². The Morgan fingerprint density at radius 3 is 2.27 bits per heavy atom. The fourth-order valence-corrected chi connectivity index (χ4v) is 1.64. The zero-order valence-electron chi connectivity index (χ0n) is 14.1. The summed E-state index contributed by atoms with van der Waals surface area (Å²) in [4.78, 5) is 48.8. The molecule has 12 nitrogen and oxygen atoms in total. The first-order valence-electron chi connectivity index (χ1n) is 7.63. The first-order chi connectivity index (χ1) is 12.2. The molecule has 2 amide bonds. The molecule has 0 fully saturated rings. The van der Waals surface area contributed by atoms with Gasteiger partial charge in [0.2, 0.25) is 11.8 Å². The fourth-order valence-electron chi connectivity index (χ4n) is 1.64. The van der Waals surface area contributed by atoms with Gasteiger partial charge < -0.3 is 37.7 Å². The van der Waals surface area contributed by atoms with E-state index in [1.165, 1.54) is 12.5 Å². The van der Waals surface area contributed by atoms with Crippen molar-refractivity contribution in [2.45, 2.75) is 37.8 Å². The van der Waals surface area contributed by atoms with Gasteiger partial charge in [0.05, 0.1) is 6.33 Å². The summed E-state index contributed by atoms with van der Waals surface area (Å²) in [5.74, 6) is -3.09. The van der Waals surface area contributed by atoms with E-state index >= 15 is 0 Å². The lowest BCUT2D eigenvalue weighted by Crippen LogP contribution is -2.42. The number of aromatic nitrogens is 2. The Hall–Kier alpha value is -2.99. The number of aromatic amines is 1. The molecular formula is C14H24N6O6. The zero-order chi connectivity index (χ0) is 20.1. The van der Waals surface area contributed by atoms with Gasteiger partial charge in [-0.25, -0.2) is 9.78 Å². The summed E-state index contributed by atoms with van der Waals surface area (Å²) in [7, 11) is 0. The third-order valence-corrected chi connectivity index (χ3v) is 3.00. The molecule has 0 spiro atoms. The molecule has 0 aliphatic heterocycles. The number of carbonyl (C=O) groups is 4. The number of primary amides is 1. The Bertz CT molecular complexity index is 591. The van der Waals surface area contributed by atoms with Gasteiger partial charge in [-0.05, 0) is 6.42 Å². The van der Waals surface area contributed by atoms with Gasteiger partial charge in [0.25, 0.3) is 0 Å². The van der Waals surface area contributed by atoms with Crippen molar-refractivity contribution in [3.63, 3.8) is 0 Å². The molecule has 0 bridgehead atoms. The van der Waals surface area contributed by atoms with E-state index in [1.54, 1.807) is 0 Å². The first kappa shape index (κ1) is 23.0. The number of H-pyrrole nitrogens is 1. The van der Waals surface area contributed by atoms with Gasteiger partial charge in [-0.1, -0.05) is 0 Å². The van der Waals surface area contributed by atoms with Crippen molar-refractivity contribution in [1.82, 2.24) is 15.3 Å². The number of carbonyl (C=O) groups excluding carboxylic acids is 2. The quantitative estimate of drug-likeness (QED) is 0.230. The minimum absolute atomic E-state index is 0.0213. The summed E-state index contributed by atoms with van der Waals surface area (Å²) in [5, 5.41) is 19.5. The molecule has 2 atom stereocenters. The molecule has 0 radical (unpaired) electrons. The van der Waals surface area contributed by atoms with E-state index in [4.69, 9.17) is 27.4 Å². The number of amides is 2. The van der Waals surface area contributed by atoms with E-state index in [0.717, 1.165) is 0 Å². The summed E-state index contributed by atoms with van der Waals surface area (Å²) < 4.78 is 0. The smallest absolute Gasteiger partial charge is 0.326 e. The number of aliphatic carboxylic acids is 2. The van der Waals surface area contributed by atoms with Gasteiger partial charge in [0.1, 0.15) is 12.1 Å². The average Bonchev–Trinajstić information content (AvgIpc) is 3.05. The van der Waals surface area contributed by atoms with Crippen LogP contribution >= 0.6 is 0 Å². The predicted molar refractivity (Wildman–Crippen MR) is 89.6 cm³/mol. The van der Waals surface area contributed by atoms with Gasteiger partial charge in [-0.3, -0.25) is 14.4 Å². The lowest BCUT2D eigenvalue weighted by molar-refractivity contribution is -0.141. The van der Waals surface area contributed by atoms with Crippen LogP contribution < -0.4 is 22.5 Å². The third-order valence-electron chi connectivity index (χ3n) is 3.00. The Morgan fingerprint density at radius 2 is 1.85 bits per heavy atom. The number of imidazole rings is 1. The highest BCUT2D eigenvalue weighted by Gasteiger charge is 2.20. The zero-order valence-corrected chi connectivity index (χ0v) is 14.1. The van der Waals surface area contributed by atoms with Crippen molar-refractivity contribution in [3.05, 3.63) is 18.2 Å². The number of rotatable bonds is 10. The summed E-state index contributed by atoms with van der Waals surface area (Å²) in [6.07, 6.45) is 3.39. The number of hydrogen-bond donors (Lipinski definition) is 7. The maximum atomic E-state index is 11.2. The lowest BCUT2D eigenvalue weighted by Gasteiger charge is -2.13. The number of nitrogens with one attached hydrogen (secondary N) is 2. The van der Waals surface area contributed by atoms with Crippen LogP contribution in [0.3, 0.4) is 0 Å². The van der Waals surface area contributed by atoms with Crippen molar-refractivity contribution >= 4 is 23.8 Å². The van der Waals surface area contributed by atoms with Crippen LogP contribution in [0.15, 0.2) is 12.5 Å². The third kappa shape index (κ3) is 10.7. The molecule has 1 rings (SSSR count). The number of nitrogens with zero attached hydrogens (tertiary/aromatic N) is 1. The van der Waals surface area contributed by atoms with Crippen LogP contribution in [-0.2, 0) is 25.6 Å². The van der Waals surface area contributed by atoms with Crippen LogP contribution in [0.2, 0.25) is 0 Å². The lowest BCUT2D eigenvalue weighted by atomic mass is 10.1. The van der Waals surface area contributed by atoms with Gasteiger partial charge in [0.15, 0.2) is 0 Å². The van der Waals surface area contributed by atoms with Crippen LogP contribution in [0.25, 0.3) is 0 Å². The topological polar surface area (TPSA) is 228 Å². The second-order valence-electron chi connectivity index (χ2n) is 5.23. The molecule has 1 aromatic heterocycles. The second kappa shape index (κ2) is 12.4. The molecule has 1 unspecified atom stereocenters. The van der Waals surface area contributed by atoms with Crippen LogP contribution in [0.5, 0.6) is 0 Å². The van der Waals surface area contributed by atoms with E-state index in [-0.39, 0.29) is 38.1 Å². The van der Waals surface area contributed by atoms with Crippen molar-refractivity contribution in [3.8, 4) is 0 Å². The minimum Gasteiger partial charge on any atom is -0.480 e. The summed E-state index contributed by atoms with van der Waals surface area (Å²) in [5.41, 5.74) is 15.7. The molecule has 1 heterocycles. The number of hydrogen-bond acceptors (Lipinski definition) is 7. The molecule has 0 aromatic carbocycles. The molecule has 0 aliphatic rings. The summed E-state index contributed by atoms with van der Waals surface area (Å²) in [6.45, 7) is 0.197. The predicted octanol–water partition coefficient (Wildman–Crippen LogP) is -2.47. The molecule has 0 saturated carbocycles. The van der Waals surface area contributed by atoms with Gasteiger partial charge in [0, 0.05) is 37.7 Å². The molecule has 26 heavy (non-hydrogen) atoms. The molecule has 1 aromatic rings. The van der Waals surface area contributed by atoms with Gasteiger partial charge >= 0.3 is 11.9 Å². The first-order valence-corrected chi connectivity index (χ1v) is 7.63. The van der Waals surface area contributed by atoms with Crippen molar-refractivity contribution in [1.29, 1.82) is 0 Å². The van der Waals surface area contributed by atoms with Gasteiger partial charge in [-0.2, -0.15) is 0 Å². The number of carboxylic acid groups (broad SMARTS) is 2. The molecule has 146 valence electrons. The van der Waals surface area contributed by atoms with E-state index in [9.17, 15) is 19.2 Å². The minimum atomic E-state index is -1.11. The van der Waals surface area contributed by atoms with E-state index in [0.29, 0.717) is 5.69 Å². The standard InChI is InChI=1S/C9H14N4O3.C5H10N2O3/c10-2-1-8(14)13-7(9(15)16)3-6-4-11-5-12-6;6-3(5(9)10)1-2-4(7)8/h4-5,7H,1-3,10H2,(H,11,12)(H,13,14)(H,15,16);3H,1-2,6H2,(H2,7,8)(H,9,10)/t7-;/m0./s1. The number of nitrogens with two attached hydrogens (primary N) is 3. The van der Waals surface area contributed by atoms with Crippen molar-refractivity contribution in [2.75, 3.05) is 6.54 Å². The Kier molecular flexibility index (Phi) is 11.0. The molecule has 12 heteroatoms. The van der Waals surface area contributed by atoms with Gasteiger partial charge in [-0.15, -0.1) is 0 Å². The summed E-state index contributed by atoms with van der Waals surface area (Å²) >= 11 is 0. The summed E-state index contributed by atoms with van der Waals surface area (Å²) in [6, 6.07) is -1.94. The Balaban J connectivity index is 0.000000541. The van der Waals surface area contributed by atoms with Crippen LogP contribution in [0.4, 0.5) is 0 Å². The maximum Gasteiger partial charge on any atom is 0.326 e. The van der Waals surface area contributed by atoms with Crippen LogP contribution in [0, 0.1) is 0 Å². The van der Waals surface area contributed by atoms with E-state index in [1.807, 2.05) is 0 Å². The fraction of sp³-hybridized carbons (Fsp3) is 0.500. The highest BCUT2D eigenvalue weighted by atomic mass is 16.4.